The predicted octanol–water partition coefficient (Wildman–Crippen LogP) is 1.93. The maximum Gasteiger partial charge on any atom is 0.338 e. The fourth-order valence-electron chi connectivity index (χ4n) is 1.61. The van der Waals surface area contributed by atoms with E-state index in [1.807, 2.05) is 6.07 Å². The zero-order chi connectivity index (χ0) is 10.1. The van der Waals surface area contributed by atoms with Gasteiger partial charge in [0.05, 0.1) is 12.7 Å². The van der Waals surface area contributed by atoms with Gasteiger partial charge in [-0.05, 0) is 42.5 Å². The molecule has 3 nitrogen and oxygen atoms in total. The van der Waals surface area contributed by atoms with Crippen molar-refractivity contribution in [3.05, 3.63) is 29.3 Å². The molecule has 14 heavy (non-hydrogen) atoms. The molecule has 0 aromatic heterocycles. The molecule has 0 aliphatic heterocycles. The molecule has 0 radical (unpaired) electrons. The van der Waals surface area contributed by atoms with E-state index in [9.17, 15) is 4.79 Å². The van der Waals surface area contributed by atoms with Gasteiger partial charge in [-0.25, -0.2) is 4.79 Å². The Balaban J connectivity index is 2.42. The van der Waals surface area contributed by atoms with Gasteiger partial charge in [-0.15, -0.1) is 0 Å². The molecule has 1 saturated carbocycles. The third-order valence-electron chi connectivity index (χ3n) is 2.50. The van der Waals surface area contributed by atoms with Gasteiger partial charge in [0.25, 0.3) is 0 Å². The highest BCUT2D eigenvalue weighted by Gasteiger charge is 2.28. The molecule has 2 rings (SSSR count). The second-order valence-corrected chi connectivity index (χ2v) is 3.61. The van der Waals surface area contributed by atoms with Gasteiger partial charge >= 0.3 is 5.97 Å². The first kappa shape index (κ1) is 9.06. The van der Waals surface area contributed by atoms with Crippen LogP contribution in [0.15, 0.2) is 18.2 Å². The minimum atomic E-state index is -0.271. The van der Waals surface area contributed by atoms with Gasteiger partial charge in [-0.3, -0.25) is 0 Å². The van der Waals surface area contributed by atoms with Crippen molar-refractivity contribution in [2.24, 2.45) is 0 Å². The Bertz CT molecular complexity index is 370. The van der Waals surface area contributed by atoms with Crippen LogP contribution in [0.1, 0.15) is 34.7 Å². The lowest BCUT2D eigenvalue weighted by atomic mass is 10.0. The van der Waals surface area contributed by atoms with E-state index in [2.05, 4.69) is 0 Å². The summed E-state index contributed by atoms with van der Waals surface area (Å²) in [5.74, 6) is 0.236. The molecule has 1 aliphatic rings. The van der Waals surface area contributed by atoms with E-state index in [1.165, 1.54) is 7.11 Å². The highest BCUT2D eigenvalue weighted by molar-refractivity contribution is 5.92. The van der Waals surface area contributed by atoms with Crippen LogP contribution in [0.3, 0.4) is 0 Å². The fraction of sp³-hybridized carbons (Fsp3) is 0.364. The number of ether oxygens (including phenoxy) is 1. The molecule has 0 atom stereocenters. The van der Waals surface area contributed by atoms with Crippen molar-refractivity contribution in [2.45, 2.75) is 18.8 Å². The standard InChI is InChI=1S/C11H13NO2/c1-14-11(13)9-5-4-8(12)6-10(9)7-2-3-7/h4-7H,2-3,12H2,1H3. The van der Waals surface area contributed by atoms with Crippen molar-refractivity contribution in [3.8, 4) is 0 Å². The van der Waals surface area contributed by atoms with Crippen LogP contribution < -0.4 is 5.73 Å². The van der Waals surface area contributed by atoms with E-state index in [-0.39, 0.29) is 5.97 Å². The first-order valence-electron chi connectivity index (χ1n) is 4.70. The van der Waals surface area contributed by atoms with Crippen LogP contribution in [-0.4, -0.2) is 13.1 Å². The van der Waals surface area contributed by atoms with Gasteiger partial charge < -0.3 is 10.5 Å². The van der Waals surface area contributed by atoms with E-state index in [1.54, 1.807) is 12.1 Å². The first-order valence-corrected chi connectivity index (χ1v) is 4.70. The normalized spacial score (nSPS) is 15.2. The maximum atomic E-state index is 11.4. The number of benzene rings is 1. The molecule has 0 saturated heterocycles. The largest absolute Gasteiger partial charge is 0.465 e. The lowest BCUT2D eigenvalue weighted by Gasteiger charge is -2.07. The molecule has 1 aromatic carbocycles. The molecule has 1 aromatic rings. The minimum absolute atomic E-state index is 0.271. The van der Waals surface area contributed by atoms with E-state index in [0.29, 0.717) is 17.2 Å². The smallest absolute Gasteiger partial charge is 0.338 e. The number of carbonyl (C=O) groups is 1. The van der Waals surface area contributed by atoms with Crippen LogP contribution in [0.5, 0.6) is 0 Å². The predicted molar refractivity (Wildman–Crippen MR) is 54.2 cm³/mol. The van der Waals surface area contributed by atoms with E-state index in [0.717, 1.165) is 18.4 Å². The van der Waals surface area contributed by atoms with Crippen molar-refractivity contribution in [2.75, 3.05) is 12.8 Å². The van der Waals surface area contributed by atoms with Crippen molar-refractivity contribution in [3.63, 3.8) is 0 Å². The molecule has 1 fully saturated rings. The van der Waals surface area contributed by atoms with Gasteiger partial charge in [0.1, 0.15) is 0 Å². The lowest BCUT2D eigenvalue weighted by Crippen LogP contribution is -2.05. The molecule has 2 N–H and O–H groups in total. The number of anilines is 1. The molecule has 0 spiro atoms. The van der Waals surface area contributed by atoms with Crippen LogP contribution in [0.4, 0.5) is 5.69 Å². The molecule has 74 valence electrons. The Morgan fingerprint density at radius 2 is 2.21 bits per heavy atom. The van der Waals surface area contributed by atoms with Gasteiger partial charge in [0.15, 0.2) is 0 Å². The van der Waals surface area contributed by atoms with Crippen LogP contribution in [0, 0.1) is 0 Å². The van der Waals surface area contributed by atoms with E-state index >= 15 is 0 Å². The molecule has 3 heteroatoms. The summed E-state index contributed by atoms with van der Waals surface area (Å²) in [5, 5.41) is 0. The summed E-state index contributed by atoms with van der Waals surface area (Å²) < 4.78 is 4.71. The first-order chi connectivity index (χ1) is 6.72. The van der Waals surface area contributed by atoms with Crippen molar-refractivity contribution < 1.29 is 9.53 Å². The number of rotatable bonds is 2. The number of nitrogens with two attached hydrogens (primary N) is 1. The van der Waals surface area contributed by atoms with Gasteiger partial charge in [-0.1, -0.05) is 0 Å². The fourth-order valence-corrected chi connectivity index (χ4v) is 1.61. The summed E-state index contributed by atoms with van der Waals surface area (Å²) in [6.07, 6.45) is 2.29. The Morgan fingerprint density at radius 3 is 2.79 bits per heavy atom. The SMILES string of the molecule is COC(=O)c1ccc(N)cc1C1CC1. The lowest BCUT2D eigenvalue weighted by molar-refractivity contribution is 0.0599. The highest BCUT2D eigenvalue weighted by atomic mass is 16.5. The summed E-state index contributed by atoms with van der Waals surface area (Å²) >= 11 is 0. The molecular formula is C11H13NO2. The Hall–Kier alpha value is -1.51. The summed E-state index contributed by atoms with van der Waals surface area (Å²) in [4.78, 5) is 11.4. The molecule has 1 aliphatic carbocycles. The molecule has 0 amide bonds. The van der Waals surface area contributed by atoms with Crippen LogP contribution in [0.25, 0.3) is 0 Å². The van der Waals surface area contributed by atoms with E-state index in [4.69, 9.17) is 10.5 Å². The minimum Gasteiger partial charge on any atom is -0.465 e. The summed E-state index contributed by atoms with van der Waals surface area (Å²) in [5.41, 5.74) is 8.09. The maximum absolute atomic E-state index is 11.4. The number of esters is 1. The number of carbonyl (C=O) groups excluding carboxylic acids is 1. The Morgan fingerprint density at radius 1 is 1.50 bits per heavy atom. The monoisotopic (exact) mass is 191 g/mol. The second-order valence-electron chi connectivity index (χ2n) is 3.61. The molecule has 0 heterocycles. The zero-order valence-electron chi connectivity index (χ0n) is 8.12. The Labute approximate surface area is 82.9 Å². The molecular weight excluding hydrogens is 178 g/mol. The van der Waals surface area contributed by atoms with Gasteiger partial charge in [0.2, 0.25) is 0 Å². The molecule has 0 bridgehead atoms. The van der Waals surface area contributed by atoms with Crippen molar-refractivity contribution in [1.29, 1.82) is 0 Å². The van der Waals surface area contributed by atoms with Gasteiger partial charge in [-0.2, -0.15) is 0 Å². The number of methoxy groups -OCH3 is 1. The summed E-state index contributed by atoms with van der Waals surface area (Å²) in [7, 11) is 1.40. The van der Waals surface area contributed by atoms with Crippen molar-refractivity contribution >= 4 is 11.7 Å². The Kier molecular flexibility index (Phi) is 2.15. The summed E-state index contributed by atoms with van der Waals surface area (Å²) in [6.45, 7) is 0. The van der Waals surface area contributed by atoms with E-state index < -0.39 is 0 Å². The van der Waals surface area contributed by atoms with Crippen LogP contribution >= 0.6 is 0 Å². The van der Waals surface area contributed by atoms with Crippen LogP contribution in [-0.2, 0) is 4.74 Å². The number of hydrogen-bond donors (Lipinski definition) is 1. The average molecular weight is 191 g/mol. The quantitative estimate of drug-likeness (QED) is 0.574. The summed E-state index contributed by atoms with van der Waals surface area (Å²) in [6, 6.07) is 5.36. The van der Waals surface area contributed by atoms with Crippen LogP contribution in [0.2, 0.25) is 0 Å². The third kappa shape index (κ3) is 1.58. The third-order valence-corrected chi connectivity index (χ3v) is 2.50. The number of nitrogen functional groups attached to an aromatic ring is 1. The second kappa shape index (κ2) is 3.33. The average Bonchev–Trinajstić information content (AvgIpc) is 3.00. The number of hydrogen-bond acceptors (Lipinski definition) is 3. The highest BCUT2D eigenvalue weighted by Crippen LogP contribution is 2.42. The zero-order valence-corrected chi connectivity index (χ0v) is 8.12. The van der Waals surface area contributed by atoms with Gasteiger partial charge in [0, 0.05) is 5.69 Å². The molecule has 0 unspecified atom stereocenters. The van der Waals surface area contributed by atoms with Crippen molar-refractivity contribution in [1.82, 2.24) is 0 Å². The topological polar surface area (TPSA) is 52.3 Å².